The highest BCUT2D eigenvalue weighted by Crippen LogP contribution is 2.17. The Morgan fingerprint density at radius 3 is 2.32 bits per heavy atom. The normalized spacial score (nSPS) is 12.4. The Bertz CT molecular complexity index is 509. The number of nitrogens with two attached hydrogens (primary N) is 2. The minimum atomic E-state index is 0.0907. The van der Waals surface area contributed by atoms with Crippen molar-refractivity contribution in [1.29, 1.82) is 0 Å². The fourth-order valence-corrected chi connectivity index (χ4v) is 1.54. The Kier molecular flexibility index (Phi) is 5.72. The third kappa shape index (κ3) is 4.50. The molecule has 0 atom stereocenters. The maximum atomic E-state index is 5.86. The zero-order valence-electron chi connectivity index (χ0n) is 10.8. The molecule has 0 heterocycles. The van der Waals surface area contributed by atoms with E-state index < -0.39 is 0 Å². The van der Waals surface area contributed by atoms with Gasteiger partial charge in [-0.3, -0.25) is 4.90 Å². The van der Waals surface area contributed by atoms with Crippen LogP contribution >= 0.6 is 23.8 Å². The number of rotatable bonds is 3. The summed E-state index contributed by atoms with van der Waals surface area (Å²) in [7, 11) is 0. The van der Waals surface area contributed by atoms with E-state index in [0.717, 1.165) is 12.1 Å². The first-order valence-corrected chi connectivity index (χ1v) is 6.46. The molecule has 0 bridgehead atoms. The van der Waals surface area contributed by atoms with Gasteiger partial charge in [-0.2, -0.15) is 5.10 Å². The van der Waals surface area contributed by atoms with Gasteiger partial charge in [-0.1, -0.05) is 18.5 Å². The van der Waals surface area contributed by atoms with Crippen molar-refractivity contribution < 1.29 is 0 Å². The largest absolute Gasteiger partial charge is 0.376 e. The molecule has 0 aliphatic rings. The summed E-state index contributed by atoms with van der Waals surface area (Å²) in [4.78, 5) is 1.43. The van der Waals surface area contributed by atoms with Gasteiger partial charge in [-0.25, -0.2) is 0 Å². The van der Waals surface area contributed by atoms with Crippen LogP contribution in [0.15, 0.2) is 34.5 Å². The number of hydrogen-bond donors (Lipinski definition) is 2. The highest BCUT2D eigenvalue weighted by atomic mass is 35.5. The minimum absolute atomic E-state index is 0.0907. The molecule has 0 radical (unpaired) electrons. The summed E-state index contributed by atoms with van der Waals surface area (Å²) >= 11 is 10.8. The summed E-state index contributed by atoms with van der Waals surface area (Å²) in [5.41, 5.74) is 13.1. The van der Waals surface area contributed by atoms with Crippen LogP contribution in [-0.2, 0) is 0 Å². The summed E-state index contributed by atoms with van der Waals surface area (Å²) in [6.45, 7) is 3.85. The molecule has 5 nitrogen and oxygen atoms in total. The van der Waals surface area contributed by atoms with Crippen molar-refractivity contribution in [1.82, 2.24) is 0 Å². The first kappa shape index (κ1) is 15.4. The number of thiocarbonyl (C=S) groups is 1. The third-order valence-electron chi connectivity index (χ3n) is 2.37. The Balaban J connectivity index is 3.08. The Morgan fingerprint density at radius 1 is 1.26 bits per heavy atom. The maximum absolute atomic E-state index is 5.86. The molecule has 0 saturated carbocycles. The highest BCUT2D eigenvalue weighted by molar-refractivity contribution is 7.80. The van der Waals surface area contributed by atoms with Crippen LogP contribution in [0.4, 0.5) is 5.69 Å². The predicted molar refractivity (Wildman–Crippen MR) is 85.7 cm³/mol. The number of hydrogen-bond acceptors (Lipinski definition) is 3. The highest BCUT2D eigenvalue weighted by Gasteiger charge is 2.13. The van der Waals surface area contributed by atoms with Gasteiger partial charge in [-0.05, 0) is 49.8 Å². The molecule has 0 aliphatic heterocycles. The molecule has 0 aromatic heterocycles. The van der Waals surface area contributed by atoms with Gasteiger partial charge >= 0.3 is 0 Å². The van der Waals surface area contributed by atoms with Crippen LogP contribution in [0.5, 0.6) is 0 Å². The van der Waals surface area contributed by atoms with Crippen LogP contribution in [0, 0.1) is 0 Å². The molecule has 0 aliphatic carbocycles. The lowest BCUT2D eigenvalue weighted by molar-refractivity contribution is 1.14. The lowest BCUT2D eigenvalue weighted by atomic mass is 10.3. The van der Waals surface area contributed by atoms with Crippen LogP contribution < -0.4 is 16.4 Å². The third-order valence-corrected chi connectivity index (χ3v) is 2.80. The number of guanidine groups is 1. The van der Waals surface area contributed by atoms with Crippen LogP contribution in [0.1, 0.15) is 20.3 Å². The molecule has 102 valence electrons. The smallest absolute Gasteiger partial charge is 0.227 e. The summed E-state index contributed by atoms with van der Waals surface area (Å²) in [6.07, 6.45) is 0.796. The van der Waals surface area contributed by atoms with E-state index >= 15 is 0 Å². The van der Waals surface area contributed by atoms with Gasteiger partial charge in [-0.15, -0.1) is 5.10 Å². The van der Waals surface area contributed by atoms with Gasteiger partial charge in [0.2, 0.25) is 5.96 Å². The quantitative estimate of drug-likeness (QED) is 0.389. The van der Waals surface area contributed by atoms with E-state index in [4.69, 9.17) is 35.3 Å². The van der Waals surface area contributed by atoms with Crippen molar-refractivity contribution in [2.24, 2.45) is 21.7 Å². The van der Waals surface area contributed by atoms with E-state index in [1.807, 2.05) is 13.8 Å². The molecule has 0 saturated heterocycles. The molecule has 1 aromatic carbocycles. The molecule has 0 unspecified atom stereocenters. The molecule has 4 N–H and O–H groups in total. The van der Waals surface area contributed by atoms with Crippen molar-refractivity contribution in [3.05, 3.63) is 29.3 Å². The molecule has 0 spiro atoms. The monoisotopic (exact) mass is 297 g/mol. The van der Waals surface area contributed by atoms with Crippen molar-refractivity contribution in [3.8, 4) is 0 Å². The van der Waals surface area contributed by atoms with E-state index in [-0.39, 0.29) is 11.1 Å². The van der Waals surface area contributed by atoms with Crippen LogP contribution in [0.25, 0.3) is 0 Å². The summed E-state index contributed by atoms with van der Waals surface area (Å²) in [5, 5.41) is 8.61. The van der Waals surface area contributed by atoms with Gasteiger partial charge in [0, 0.05) is 10.7 Å². The van der Waals surface area contributed by atoms with Crippen molar-refractivity contribution >= 4 is 46.3 Å². The molecule has 1 aromatic rings. The number of benzene rings is 1. The van der Waals surface area contributed by atoms with Gasteiger partial charge in [0.1, 0.15) is 0 Å². The van der Waals surface area contributed by atoms with E-state index in [9.17, 15) is 0 Å². The van der Waals surface area contributed by atoms with Gasteiger partial charge < -0.3 is 11.5 Å². The summed E-state index contributed by atoms with van der Waals surface area (Å²) < 4.78 is 0. The van der Waals surface area contributed by atoms with Gasteiger partial charge in [0.05, 0.1) is 5.69 Å². The van der Waals surface area contributed by atoms with Crippen LogP contribution in [-0.4, -0.2) is 16.8 Å². The lowest BCUT2D eigenvalue weighted by Gasteiger charge is -2.20. The fraction of sp³-hybridized carbons (Fsp3) is 0.250. The van der Waals surface area contributed by atoms with Crippen LogP contribution in [0.2, 0.25) is 5.02 Å². The second kappa shape index (κ2) is 7.06. The SMILES string of the molecule is CC/C(C)=N/N=C(\N)N(C(N)=S)c1ccc(Cl)cc1. The molecule has 0 amide bonds. The number of nitrogens with zero attached hydrogens (tertiary/aromatic N) is 3. The summed E-state index contributed by atoms with van der Waals surface area (Å²) in [5.74, 6) is 0.114. The standard InChI is InChI=1S/C12H16ClN5S/c1-3-8(2)16-17-11(14)18(12(15)19)10-6-4-9(13)5-7-10/h4-7H,3H2,1-2H3,(H2,14,17)(H2,15,19)/b16-8+. The fourth-order valence-electron chi connectivity index (χ4n) is 1.21. The Hall–Kier alpha value is -1.66. The Morgan fingerprint density at radius 2 is 1.84 bits per heavy atom. The Labute approximate surface area is 122 Å². The van der Waals surface area contributed by atoms with E-state index in [2.05, 4.69) is 10.2 Å². The lowest BCUT2D eigenvalue weighted by Crippen LogP contribution is -2.45. The van der Waals surface area contributed by atoms with Crippen molar-refractivity contribution in [2.45, 2.75) is 20.3 Å². The molecule has 0 fully saturated rings. The predicted octanol–water partition coefficient (Wildman–Crippen LogP) is 2.49. The number of anilines is 1. The number of halogens is 1. The maximum Gasteiger partial charge on any atom is 0.227 e. The second-order valence-corrected chi connectivity index (χ2v) is 4.65. The molecule has 7 heteroatoms. The topological polar surface area (TPSA) is 80.0 Å². The van der Waals surface area contributed by atoms with E-state index in [0.29, 0.717) is 10.7 Å². The van der Waals surface area contributed by atoms with Crippen LogP contribution in [0.3, 0.4) is 0 Å². The average molecular weight is 298 g/mol. The van der Waals surface area contributed by atoms with Gasteiger partial charge in [0.15, 0.2) is 5.11 Å². The van der Waals surface area contributed by atoms with E-state index in [1.165, 1.54) is 4.90 Å². The minimum Gasteiger partial charge on any atom is -0.376 e. The molecule has 1 rings (SSSR count). The van der Waals surface area contributed by atoms with Crippen molar-refractivity contribution in [3.63, 3.8) is 0 Å². The van der Waals surface area contributed by atoms with Crippen molar-refractivity contribution in [2.75, 3.05) is 4.90 Å². The molecule has 19 heavy (non-hydrogen) atoms. The zero-order chi connectivity index (χ0) is 14.4. The zero-order valence-corrected chi connectivity index (χ0v) is 12.4. The first-order chi connectivity index (χ1) is 8.95. The first-order valence-electron chi connectivity index (χ1n) is 5.67. The average Bonchev–Trinajstić information content (AvgIpc) is 2.38. The van der Waals surface area contributed by atoms with E-state index in [1.54, 1.807) is 24.3 Å². The molecular formula is C12H16ClN5S. The second-order valence-electron chi connectivity index (χ2n) is 3.80. The summed E-state index contributed by atoms with van der Waals surface area (Å²) in [6, 6.07) is 6.94. The molecular weight excluding hydrogens is 282 g/mol. The van der Waals surface area contributed by atoms with Gasteiger partial charge in [0.25, 0.3) is 0 Å².